The second kappa shape index (κ2) is 6.61. The number of phenols is 1. The summed E-state index contributed by atoms with van der Waals surface area (Å²) in [5, 5.41) is 12.3. The minimum Gasteiger partial charge on any atom is -0.506 e. The van der Waals surface area contributed by atoms with E-state index in [-0.39, 0.29) is 11.8 Å². The van der Waals surface area contributed by atoms with Crippen LogP contribution in [0.15, 0.2) is 18.2 Å². The molecule has 0 unspecified atom stereocenters. The number of anilines is 1. The third-order valence-corrected chi connectivity index (χ3v) is 2.58. The van der Waals surface area contributed by atoms with Crippen LogP contribution in [0.25, 0.3) is 0 Å². The summed E-state index contributed by atoms with van der Waals surface area (Å²) in [7, 11) is 0. The lowest BCUT2D eigenvalue weighted by Gasteiger charge is -2.20. The first-order valence-electron chi connectivity index (χ1n) is 6.75. The van der Waals surface area contributed by atoms with E-state index in [4.69, 9.17) is 10.5 Å². The number of nitrogens with two attached hydrogens (primary N) is 1. The van der Waals surface area contributed by atoms with Gasteiger partial charge in [-0.3, -0.25) is 5.32 Å². The molecular weight excluding hydrogens is 256 g/mol. The molecule has 1 atom stereocenters. The highest BCUT2D eigenvalue weighted by atomic mass is 16.6. The molecule has 20 heavy (non-hydrogen) atoms. The second-order valence-electron chi connectivity index (χ2n) is 5.99. The number of phenolic OH excluding ortho intramolecular Hbond substituents is 1. The Morgan fingerprint density at radius 1 is 1.45 bits per heavy atom. The highest BCUT2D eigenvalue weighted by Crippen LogP contribution is 2.25. The van der Waals surface area contributed by atoms with Crippen molar-refractivity contribution in [1.29, 1.82) is 0 Å². The van der Waals surface area contributed by atoms with Crippen molar-refractivity contribution >= 4 is 11.8 Å². The first kappa shape index (κ1) is 16.3. The average Bonchev–Trinajstić information content (AvgIpc) is 2.27. The third-order valence-electron chi connectivity index (χ3n) is 2.58. The number of aromatic hydroxyl groups is 1. The van der Waals surface area contributed by atoms with Gasteiger partial charge >= 0.3 is 6.09 Å². The van der Waals surface area contributed by atoms with Crippen molar-refractivity contribution in [2.24, 2.45) is 5.73 Å². The molecule has 5 heteroatoms. The molecule has 0 radical (unpaired) electrons. The molecule has 0 fully saturated rings. The van der Waals surface area contributed by atoms with Crippen molar-refractivity contribution in [3.8, 4) is 5.75 Å². The van der Waals surface area contributed by atoms with E-state index >= 15 is 0 Å². The van der Waals surface area contributed by atoms with Crippen LogP contribution in [0.3, 0.4) is 0 Å². The fraction of sp³-hybridized carbons (Fsp3) is 0.533. The Labute approximate surface area is 120 Å². The van der Waals surface area contributed by atoms with Crippen LogP contribution in [0.5, 0.6) is 5.75 Å². The van der Waals surface area contributed by atoms with Crippen molar-refractivity contribution < 1.29 is 14.6 Å². The van der Waals surface area contributed by atoms with Gasteiger partial charge in [-0.1, -0.05) is 6.07 Å². The summed E-state index contributed by atoms with van der Waals surface area (Å²) in [6.07, 6.45) is 1.05. The highest BCUT2D eigenvalue weighted by molar-refractivity contribution is 5.87. The number of nitrogens with one attached hydrogen (secondary N) is 1. The van der Waals surface area contributed by atoms with Gasteiger partial charge < -0.3 is 15.6 Å². The van der Waals surface area contributed by atoms with Crippen LogP contribution in [0.2, 0.25) is 0 Å². The van der Waals surface area contributed by atoms with Crippen LogP contribution in [-0.4, -0.2) is 22.8 Å². The van der Waals surface area contributed by atoms with Crippen LogP contribution in [0.4, 0.5) is 10.5 Å². The third kappa shape index (κ3) is 5.93. The normalized spacial score (nSPS) is 12.8. The fourth-order valence-corrected chi connectivity index (χ4v) is 1.65. The van der Waals surface area contributed by atoms with Crippen LogP contribution in [0.1, 0.15) is 39.7 Å². The van der Waals surface area contributed by atoms with Crippen molar-refractivity contribution in [2.45, 2.75) is 52.2 Å². The highest BCUT2D eigenvalue weighted by Gasteiger charge is 2.17. The maximum absolute atomic E-state index is 11.7. The maximum atomic E-state index is 11.7. The molecule has 1 amide bonds. The summed E-state index contributed by atoms with van der Waals surface area (Å²) in [6.45, 7) is 7.29. The first-order valence-corrected chi connectivity index (χ1v) is 6.75. The van der Waals surface area contributed by atoms with Gasteiger partial charge in [-0.25, -0.2) is 4.79 Å². The quantitative estimate of drug-likeness (QED) is 0.740. The monoisotopic (exact) mass is 280 g/mol. The molecule has 112 valence electrons. The summed E-state index contributed by atoms with van der Waals surface area (Å²) in [4.78, 5) is 11.7. The summed E-state index contributed by atoms with van der Waals surface area (Å²) in [5.41, 5.74) is 6.50. The predicted octanol–water partition coefficient (Wildman–Crippen LogP) is 3.02. The van der Waals surface area contributed by atoms with Gasteiger partial charge in [0.25, 0.3) is 0 Å². The van der Waals surface area contributed by atoms with Crippen molar-refractivity contribution in [3.63, 3.8) is 0 Å². The number of hydrogen-bond acceptors (Lipinski definition) is 4. The summed E-state index contributed by atoms with van der Waals surface area (Å²) in [5.74, 6) is 0.0143. The van der Waals surface area contributed by atoms with Crippen molar-refractivity contribution in [3.05, 3.63) is 23.8 Å². The van der Waals surface area contributed by atoms with E-state index in [1.165, 1.54) is 0 Å². The van der Waals surface area contributed by atoms with Gasteiger partial charge in [0.15, 0.2) is 0 Å². The fourth-order valence-electron chi connectivity index (χ4n) is 1.65. The number of amides is 1. The SMILES string of the molecule is C[C@@H](N)CCc1ccc(O)c(NC(=O)OC(C)(C)C)c1. The minimum atomic E-state index is -0.586. The van der Waals surface area contributed by atoms with Gasteiger partial charge in [-0.2, -0.15) is 0 Å². The molecule has 0 heterocycles. The first-order chi connectivity index (χ1) is 9.17. The molecule has 1 aromatic carbocycles. The Morgan fingerprint density at radius 3 is 2.65 bits per heavy atom. The Bertz CT molecular complexity index is 465. The molecular formula is C15H24N2O3. The van der Waals surface area contributed by atoms with E-state index in [9.17, 15) is 9.90 Å². The molecule has 0 saturated carbocycles. The topological polar surface area (TPSA) is 84.6 Å². The lowest BCUT2D eigenvalue weighted by atomic mass is 10.1. The zero-order chi connectivity index (χ0) is 15.3. The number of carbonyl (C=O) groups is 1. The Balaban J connectivity index is 2.73. The van der Waals surface area contributed by atoms with E-state index < -0.39 is 11.7 Å². The number of aryl methyl sites for hydroxylation is 1. The Morgan fingerprint density at radius 2 is 2.10 bits per heavy atom. The number of carbonyl (C=O) groups excluding carboxylic acids is 1. The van der Waals surface area contributed by atoms with Crippen molar-refractivity contribution in [1.82, 2.24) is 0 Å². The van der Waals surface area contributed by atoms with E-state index in [2.05, 4.69) is 5.32 Å². The minimum absolute atomic E-state index is 0.0143. The Kier molecular flexibility index (Phi) is 5.39. The second-order valence-corrected chi connectivity index (χ2v) is 5.99. The summed E-state index contributed by atoms with van der Waals surface area (Å²) >= 11 is 0. The number of hydrogen-bond donors (Lipinski definition) is 3. The molecule has 0 aliphatic rings. The molecule has 5 nitrogen and oxygen atoms in total. The Hall–Kier alpha value is -1.75. The molecule has 0 bridgehead atoms. The zero-order valence-corrected chi connectivity index (χ0v) is 12.6. The molecule has 0 aromatic heterocycles. The van der Waals surface area contributed by atoms with Gasteiger partial charge in [0.1, 0.15) is 11.4 Å². The van der Waals surface area contributed by atoms with Crippen molar-refractivity contribution in [2.75, 3.05) is 5.32 Å². The van der Waals surface area contributed by atoms with E-state index in [0.29, 0.717) is 5.69 Å². The largest absolute Gasteiger partial charge is 0.506 e. The summed E-state index contributed by atoms with van der Waals surface area (Å²) < 4.78 is 5.15. The molecule has 1 aromatic rings. The predicted molar refractivity (Wildman–Crippen MR) is 79.9 cm³/mol. The number of benzene rings is 1. The van der Waals surface area contributed by atoms with Gasteiger partial charge in [0, 0.05) is 6.04 Å². The number of rotatable bonds is 4. The molecule has 4 N–H and O–H groups in total. The van der Waals surface area contributed by atoms with E-state index in [1.807, 2.05) is 13.0 Å². The summed E-state index contributed by atoms with van der Waals surface area (Å²) in [6, 6.07) is 5.23. The van der Waals surface area contributed by atoms with Crippen LogP contribution < -0.4 is 11.1 Å². The van der Waals surface area contributed by atoms with Gasteiger partial charge in [-0.15, -0.1) is 0 Å². The maximum Gasteiger partial charge on any atom is 0.412 e. The van der Waals surface area contributed by atoms with Gasteiger partial charge in [0.2, 0.25) is 0 Å². The van der Waals surface area contributed by atoms with E-state index in [0.717, 1.165) is 18.4 Å². The standard InChI is InChI=1S/C15H24N2O3/c1-10(16)5-6-11-7-8-13(18)12(9-11)17-14(19)20-15(2,3)4/h7-10,18H,5-6,16H2,1-4H3,(H,17,19)/t10-/m1/s1. The van der Waals surface area contributed by atoms with E-state index in [1.54, 1.807) is 32.9 Å². The van der Waals surface area contributed by atoms with Gasteiger partial charge in [-0.05, 0) is 58.2 Å². The lowest BCUT2D eigenvalue weighted by Crippen LogP contribution is -2.27. The molecule has 0 aliphatic carbocycles. The number of ether oxygens (including phenoxy) is 1. The molecule has 0 spiro atoms. The average molecular weight is 280 g/mol. The van der Waals surface area contributed by atoms with Crippen LogP contribution >= 0.6 is 0 Å². The van der Waals surface area contributed by atoms with Crippen LogP contribution in [0, 0.1) is 0 Å². The molecule has 1 rings (SSSR count). The van der Waals surface area contributed by atoms with Crippen LogP contribution in [-0.2, 0) is 11.2 Å². The zero-order valence-electron chi connectivity index (χ0n) is 12.6. The molecule has 0 aliphatic heterocycles. The molecule has 0 saturated heterocycles. The lowest BCUT2D eigenvalue weighted by molar-refractivity contribution is 0.0635. The van der Waals surface area contributed by atoms with Gasteiger partial charge in [0.05, 0.1) is 5.69 Å². The smallest absolute Gasteiger partial charge is 0.412 e.